The second-order valence-electron chi connectivity index (χ2n) is 4.98. The summed E-state index contributed by atoms with van der Waals surface area (Å²) in [5.74, 6) is 0.429. The number of nitrogens with one attached hydrogen (secondary N) is 1. The number of halogens is 1. The van der Waals surface area contributed by atoms with Crippen molar-refractivity contribution in [1.29, 1.82) is 0 Å². The van der Waals surface area contributed by atoms with E-state index >= 15 is 0 Å². The Morgan fingerprint density at radius 3 is 2.65 bits per heavy atom. The predicted octanol–water partition coefficient (Wildman–Crippen LogP) is 4.09. The van der Waals surface area contributed by atoms with E-state index in [2.05, 4.69) is 4.72 Å². The Bertz CT molecular complexity index is 528. The summed E-state index contributed by atoms with van der Waals surface area (Å²) >= 11 is 7.35. The first kappa shape index (κ1) is 16.0. The van der Waals surface area contributed by atoms with Crippen LogP contribution in [0.2, 0.25) is 0 Å². The van der Waals surface area contributed by atoms with Crippen LogP contribution in [0.25, 0.3) is 0 Å². The van der Waals surface area contributed by atoms with Gasteiger partial charge in [0.25, 0.3) is 0 Å². The van der Waals surface area contributed by atoms with E-state index in [1.165, 1.54) is 25.7 Å². The molecule has 1 aliphatic rings. The van der Waals surface area contributed by atoms with Gasteiger partial charge in [0.2, 0.25) is 10.0 Å². The maximum Gasteiger partial charge on any atom is 0.232 e. The van der Waals surface area contributed by atoms with E-state index in [0.29, 0.717) is 23.2 Å². The Balaban J connectivity index is 2.07. The number of thioether (sulfide) groups is 1. The van der Waals surface area contributed by atoms with Crippen molar-refractivity contribution in [3.8, 4) is 0 Å². The average molecular weight is 334 g/mol. The van der Waals surface area contributed by atoms with Crippen molar-refractivity contribution >= 4 is 39.1 Å². The highest BCUT2D eigenvalue weighted by atomic mass is 35.5. The van der Waals surface area contributed by atoms with Crippen LogP contribution in [0.15, 0.2) is 29.2 Å². The maximum atomic E-state index is 12.0. The molecule has 0 radical (unpaired) electrons. The van der Waals surface area contributed by atoms with Crippen LogP contribution in [0.3, 0.4) is 0 Å². The third kappa shape index (κ3) is 4.86. The molecule has 1 aromatic rings. The molecule has 3 nitrogen and oxygen atoms in total. The molecule has 0 saturated heterocycles. The minimum atomic E-state index is -3.30. The fraction of sp³-hybridized carbons (Fsp3) is 0.571. The number of hydrogen-bond donors (Lipinski definition) is 1. The van der Waals surface area contributed by atoms with Gasteiger partial charge >= 0.3 is 0 Å². The van der Waals surface area contributed by atoms with Gasteiger partial charge in [0.15, 0.2) is 0 Å². The fourth-order valence-corrected chi connectivity index (χ4v) is 5.13. The molecule has 0 aliphatic heterocycles. The summed E-state index contributed by atoms with van der Waals surface area (Å²) in [5.41, 5.74) is 0.693. The third-order valence-electron chi connectivity index (χ3n) is 3.30. The van der Waals surface area contributed by atoms with E-state index in [9.17, 15) is 8.42 Å². The molecular formula is C14H20ClNO2S2. The van der Waals surface area contributed by atoms with Crippen LogP contribution in [-0.2, 0) is 10.0 Å². The molecule has 1 N–H and O–H groups in total. The molecule has 6 heteroatoms. The van der Waals surface area contributed by atoms with E-state index in [1.807, 2.05) is 24.3 Å². The molecule has 20 heavy (non-hydrogen) atoms. The molecule has 112 valence electrons. The number of sulfonamides is 1. The zero-order valence-corrected chi connectivity index (χ0v) is 13.7. The van der Waals surface area contributed by atoms with Crippen LogP contribution >= 0.6 is 23.4 Å². The van der Waals surface area contributed by atoms with Gasteiger partial charge in [0, 0.05) is 16.0 Å². The fourth-order valence-electron chi connectivity index (χ4n) is 2.30. The van der Waals surface area contributed by atoms with E-state index in [0.717, 1.165) is 4.90 Å². The van der Waals surface area contributed by atoms with Gasteiger partial charge in [0.05, 0.1) is 11.4 Å². The van der Waals surface area contributed by atoms with Gasteiger partial charge < -0.3 is 0 Å². The number of para-hydroxylation sites is 1. The summed E-state index contributed by atoms with van der Waals surface area (Å²) in [6, 6.07) is 7.63. The number of alkyl halides is 1. The number of hydrogen-bond acceptors (Lipinski definition) is 3. The summed E-state index contributed by atoms with van der Waals surface area (Å²) in [7, 11) is -3.30. The zero-order valence-electron chi connectivity index (χ0n) is 11.3. The third-order valence-corrected chi connectivity index (χ3v) is 6.33. The predicted molar refractivity (Wildman–Crippen MR) is 87.3 cm³/mol. The van der Waals surface area contributed by atoms with Gasteiger partial charge in [-0.15, -0.1) is 23.4 Å². The van der Waals surface area contributed by atoms with Crippen molar-refractivity contribution in [2.75, 3.05) is 16.4 Å². The topological polar surface area (TPSA) is 46.2 Å². The van der Waals surface area contributed by atoms with E-state index < -0.39 is 10.0 Å². The SMILES string of the molecule is O=S(=O)(CCCCl)Nc1ccccc1SC1CCCC1. The molecule has 1 aromatic carbocycles. The van der Waals surface area contributed by atoms with Crippen LogP contribution < -0.4 is 4.72 Å². The summed E-state index contributed by atoms with van der Waals surface area (Å²) < 4.78 is 26.6. The molecule has 0 heterocycles. The first-order chi connectivity index (χ1) is 9.61. The number of benzene rings is 1. The molecule has 2 rings (SSSR count). The quantitative estimate of drug-likeness (QED) is 0.764. The second-order valence-corrected chi connectivity index (χ2v) is 8.55. The molecule has 1 saturated carbocycles. The highest BCUT2D eigenvalue weighted by Crippen LogP contribution is 2.38. The molecule has 0 spiro atoms. The minimum Gasteiger partial charge on any atom is -0.282 e. The Morgan fingerprint density at radius 2 is 1.95 bits per heavy atom. The van der Waals surface area contributed by atoms with Crippen LogP contribution in [0, 0.1) is 0 Å². The average Bonchev–Trinajstić information content (AvgIpc) is 2.91. The molecule has 0 aromatic heterocycles. The van der Waals surface area contributed by atoms with Crippen molar-refractivity contribution in [3.05, 3.63) is 24.3 Å². The Labute approximate surface area is 130 Å². The molecular weight excluding hydrogens is 314 g/mol. The zero-order chi connectivity index (χ0) is 14.4. The van der Waals surface area contributed by atoms with Gasteiger partial charge in [-0.05, 0) is 31.4 Å². The standard InChI is InChI=1S/C14H20ClNO2S2/c15-10-5-11-20(17,18)16-13-8-3-4-9-14(13)19-12-6-1-2-7-12/h3-4,8-9,12,16H,1-2,5-7,10-11H2. The van der Waals surface area contributed by atoms with Gasteiger partial charge in [0.1, 0.15) is 0 Å². The van der Waals surface area contributed by atoms with Crippen molar-refractivity contribution in [2.24, 2.45) is 0 Å². The number of rotatable bonds is 7. The molecule has 0 atom stereocenters. The van der Waals surface area contributed by atoms with Crippen LogP contribution in [0.5, 0.6) is 0 Å². The van der Waals surface area contributed by atoms with Gasteiger partial charge in [-0.25, -0.2) is 8.42 Å². The van der Waals surface area contributed by atoms with Crippen LogP contribution in [0.1, 0.15) is 32.1 Å². The molecule has 0 bridgehead atoms. The Morgan fingerprint density at radius 1 is 1.25 bits per heavy atom. The van der Waals surface area contributed by atoms with Gasteiger partial charge in [-0.3, -0.25) is 4.72 Å². The van der Waals surface area contributed by atoms with Gasteiger partial charge in [-0.2, -0.15) is 0 Å². The Kier molecular flexibility index (Phi) is 6.05. The number of anilines is 1. The molecule has 0 unspecified atom stereocenters. The van der Waals surface area contributed by atoms with Crippen molar-refractivity contribution in [2.45, 2.75) is 42.2 Å². The molecule has 1 fully saturated rings. The lowest BCUT2D eigenvalue weighted by atomic mass is 10.3. The lowest BCUT2D eigenvalue weighted by Gasteiger charge is -2.14. The van der Waals surface area contributed by atoms with Crippen LogP contribution in [-0.4, -0.2) is 25.3 Å². The van der Waals surface area contributed by atoms with E-state index in [1.54, 1.807) is 11.8 Å². The van der Waals surface area contributed by atoms with Gasteiger partial charge in [-0.1, -0.05) is 25.0 Å². The highest BCUT2D eigenvalue weighted by molar-refractivity contribution is 8.00. The van der Waals surface area contributed by atoms with Crippen LogP contribution in [0.4, 0.5) is 5.69 Å². The van der Waals surface area contributed by atoms with E-state index in [-0.39, 0.29) is 5.75 Å². The maximum absolute atomic E-state index is 12.0. The highest BCUT2D eigenvalue weighted by Gasteiger charge is 2.19. The largest absolute Gasteiger partial charge is 0.282 e. The van der Waals surface area contributed by atoms with Crippen molar-refractivity contribution in [3.63, 3.8) is 0 Å². The molecule has 0 amide bonds. The monoisotopic (exact) mass is 333 g/mol. The van der Waals surface area contributed by atoms with E-state index in [4.69, 9.17) is 11.6 Å². The summed E-state index contributed by atoms with van der Waals surface area (Å²) in [4.78, 5) is 1.02. The normalized spacial score (nSPS) is 16.4. The Hall–Kier alpha value is -0.390. The smallest absolute Gasteiger partial charge is 0.232 e. The van der Waals surface area contributed by atoms with Crippen molar-refractivity contribution < 1.29 is 8.42 Å². The summed E-state index contributed by atoms with van der Waals surface area (Å²) in [6.45, 7) is 0. The van der Waals surface area contributed by atoms with Crippen molar-refractivity contribution in [1.82, 2.24) is 0 Å². The summed E-state index contributed by atoms with van der Waals surface area (Å²) in [5, 5.41) is 0.614. The lowest BCUT2D eigenvalue weighted by molar-refractivity contribution is 0.600. The molecule has 1 aliphatic carbocycles. The first-order valence-corrected chi connectivity index (χ1v) is 9.99. The summed E-state index contributed by atoms with van der Waals surface area (Å²) in [6.07, 6.45) is 5.47. The lowest BCUT2D eigenvalue weighted by Crippen LogP contribution is -2.17. The first-order valence-electron chi connectivity index (χ1n) is 6.93. The minimum absolute atomic E-state index is 0.0684. The second kappa shape index (κ2) is 7.57.